The molecule has 0 radical (unpaired) electrons. The number of nitrogens with one attached hydrogen (secondary N) is 2. The molecule has 0 saturated heterocycles. The summed E-state index contributed by atoms with van der Waals surface area (Å²) in [6, 6.07) is 8.10. The fraction of sp³-hybridized carbons (Fsp3) is 0.421. The quantitative estimate of drug-likeness (QED) is 0.600. The molecule has 2 N–H and O–H groups in total. The molecule has 0 fully saturated rings. The largest absolute Gasteiger partial charge is 0.364 e. The molecule has 0 aromatic carbocycles. The highest BCUT2D eigenvalue weighted by atomic mass is 79.9. The van der Waals surface area contributed by atoms with Crippen molar-refractivity contribution in [1.82, 2.24) is 14.4 Å². The summed E-state index contributed by atoms with van der Waals surface area (Å²) >= 11 is 3.57. The van der Waals surface area contributed by atoms with Crippen molar-refractivity contribution in [2.45, 2.75) is 46.6 Å². The van der Waals surface area contributed by atoms with Crippen molar-refractivity contribution >= 4 is 27.4 Å². The Bertz CT molecular complexity index is 838. The standard InChI is InChI=1S/C19H25BrN4/c1-18(2,3)12-19(4,5)23-17-16(14-7-6-10-21-14)22-15-9-8-13(20)11-24(15)17/h6-11,21,23H,12H2,1-5H3. The summed E-state index contributed by atoms with van der Waals surface area (Å²) in [7, 11) is 0. The zero-order chi connectivity index (χ0) is 17.5. The Morgan fingerprint density at radius 2 is 1.92 bits per heavy atom. The highest BCUT2D eigenvalue weighted by molar-refractivity contribution is 9.10. The predicted octanol–water partition coefficient (Wildman–Crippen LogP) is 5.72. The van der Waals surface area contributed by atoms with Gasteiger partial charge in [0.25, 0.3) is 0 Å². The molecule has 0 bridgehead atoms. The SMILES string of the molecule is CC(C)(C)CC(C)(C)Nc1c(-c2ccc[nH]2)nc2ccc(Br)cn12. The summed E-state index contributed by atoms with van der Waals surface area (Å²) in [4.78, 5) is 8.10. The fourth-order valence-electron chi connectivity index (χ4n) is 3.49. The Morgan fingerprint density at radius 1 is 1.17 bits per heavy atom. The van der Waals surface area contributed by atoms with Crippen LogP contribution in [0.25, 0.3) is 17.0 Å². The molecular weight excluding hydrogens is 364 g/mol. The first kappa shape index (κ1) is 17.1. The van der Waals surface area contributed by atoms with Crippen molar-refractivity contribution in [1.29, 1.82) is 0 Å². The van der Waals surface area contributed by atoms with Gasteiger partial charge in [0.05, 0.1) is 5.69 Å². The summed E-state index contributed by atoms with van der Waals surface area (Å²) in [5.74, 6) is 1.02. The van der Waals surface area contributed by atoms with Crippen LogP contribution in [0.5, 0.6) is 0 Å². The average molecular weight is 389 g/mol. The Labute approximate surface area is 151 Å². The molecule has 4 nitrogen and oxygen atoms in total. The van der Waals surface area contributed by atoms with Gasteiger partial charge in [-0.25, -0.2) is 4.98 Å². The van der Waals surface area contributed by atoms with E-state index in [0.29, 0.717) is 0 Å². The molecule has 0 amide bonds. The van der Waals surface area contributed by atoms with E-state index in [1.165, 1.54) is 0 Å². The lowest BCUT2D eigenvalue weighted by Gasteiger charge is -2.34. The van der Waals surface area contributed by atoms with Crippen molar-refractivity contribution in [2.24, 2.45) is 5.41 Å². The van der Waals surface area contributed by atoms with Crippen molar-refractivity contribution in [3.05, 3.63) is 41.1 Å². The Balaban J connectivity index is 2.11. The van der Waals surface area contributed by atoms with Crippen LogP contribution in [0.15, 0.2) is 41.1 Å². The smallest absolute Gasteiger partial charge is 0.140 e. The van der Waals surface area contributed by atoms with Crippen LogP contribution in [0.2, 0.25) is 0 Å². The molecule has 24 heavy (non-hydrogen) atoms. The molecule has 0 spiro atoms. The summed E-state index contributed by atoms with van der Waals surface area (Å²) in [5, 5.41) is 3.74. The number of pyridine rings is 1. The number of fused-ring (bicyclic) bond motifs is 1. The van der Waals surface area contributed by atoms with E-state index in [2.05, 4.69) is 77.5 Å². The Kier molecular flexibility index (Phi) is 4.24. The van der Waals surface area contributed by atoms with Crippen LogP contribution < -0.4 is 5.32 Å². The number of hydrogen-bond donors (Lipinski definition) is 2. The number of nitrogens with zero attached hydrogens (tertiary/aromatic N) is 2. The molecule has 0 aliphatic carbocycles. The number of H-pyrrole nitrogens is 1. The molecule has 0 atom stereocenters. The van der Waals surface area contributed by atoms with Crippen molar-refractivity contribution in [3.63, 3.8) is 0 Å². The van der Waals surface area contributed by atoms with E-state index in [0.717, 1.165) is 33.7 Å². The minimum atomic E-state index is -0.0577. The molecule has 0 saturated carbocycles. The van der Waals surface area contributed by atoms with Gasteiger partial charge in [0.1, 0.15) is 17.2 Å². The number of anilines is 1. The molecule has 0 aliphatic rings. The van der Waals surface area contributed by atoms with E-state index in [4.69, 9.17) is 4.98 Å². The number of imidazole rings is 1. The number of aromatic nitrogens is 3. The van der Waals surface area contributed by atoms with Crippen LogP contribution >= 0.6 is 15.9 Å². The monoisotopic (exact) mass is 388 g/mol. The van der Waals surface area contributed by atoms with Gasteiger partial charge in [-0.15, -0.1) is 0 Å². The van der Waals surface area contributed by atoms with Gasteiger partial charge in [0.15, 0.2) is 0 Å². The molecule has 0 unspecified atom stereocenters. The number of rotatable bonds is 4. The highest BCUT2D eigenvalue weighted by Crippen LogP contribution is 2.34. The minimum absolute atomic E-state index is 0.0577. The molecule has 3 aromatic rings. The van der Waals surface area contributed by atoms with Crippen molar-refractivity contribution in [3.8, 4) is 11.4 Å². The first-order valence-electron chi connectivity index (χ1n) is 8.24. The van der Waals surface area contributed by atoms with Gasteiger partial charge in [-0.1, -0.05) is 20.8 Å². The second-order valence-electron chi connectivity index (χ2n) is 8.21. The summed E-state index contributed by atoms with van der Waals surface area (Å²) in [5.41, 5.74) is 3.07. The van der Waals surface area contributed by atoms with Crippen molar-refractivity contribution in [2.75, 3.05) is 5.32 Å². The summed E-state index contributed by atoms with van der Waals surface area (Å²) < 4.78 is 3.15. The van der Waals surface area contributed by atoms with Gasteiger partial charge in [-0.2, -0.15) is 0 Å². The third kappa shape index (κ3) is 3.66. The second-order valence-corrected chi connectivity index (χ2v) is 9.13. The third-order valence-electron chi connectivity index (χ3n) is 3.86. The molecule has 3 aromatic heterocycles. The van der Waals surface area contributed by atoms with Crippen LogP contribution in [-0.4, -0.2) is 19.9 Å². The van der Waals surface area contributed by atoms with Crippen LogP contribution in [-0.2, 0) is 0 Å². The van der Waals surface area contributed by atoms with Gasteiger partial charge < -0.3 is 10.3 Å². The number of hydrogen-bond acceptors (Lipinski definition) is 2. The van der Waals surface area contributed by atoms with E-state index in [1.54, 1.807) is 0 Å². The summed E-state index contributed by atoms with van der Waals surface area (Å²) in [6.45, 7) is 11.3. The van der Waals surface area contributed by atoms with E-state index in [-0.39, 0.29) is 11.0 Å². The molecule has 128 valence electrons. The highest BCUT2D eigenvalue weighted by Gasteiger charge is 2.28. The maximum absolute atomic E-state index is 4.83. The van der Waals surface area contributed by atoms with Crippen LogP contribution in [0.1, 0.15) is 41.0 Å². The van der Waals surface area contributed by atoms with Gasteiger partial charge in [0.2, 0.25) is 0 Å². The fourth-order valence-corrected chi connectivity index (χ4v) is 3.83. The van der Waals surface area contributed by atoms with Gasteiger partial charge in [-0.05, 0) is 65.9 Å². The number of aromatic amines is 1. The minimum Gasteiger partial charge on any atom is -0.364 e. The lowest BCUT2D eigenvalue weighted by molar-refractivity contribution is 0.302. The molecule has 3 rings (SSSR count). The van der Waals surface area contributed by atoms with E-state index < -0.39 is 0 Å². The van der Waals surface area contributed by atoms with E-state index in [9.17, 15) is 0 Å². The lowest BCUT2D eigenvalue weighted by Crippen LogP contribution is -2.36. The predicted molar refractivity (Wildman–Crippen MR) is 104 cm³/mol. The van der Waals surface area contributed by atoms with E-state index >= 15 is 0 Å². The maximum Gasteiger partial charge on any atom is 0.140 e. The van der Waals surface area contributed by atoms with Crippen molar-refractivity contribution < 1.29 is 0 Å². The Morgan fingerprint density at radius 3 is 2.54 bits per heavy atom. The molecular formula is C19H25BrN4. The zero-order valence-corrected chi connectivity index (χ0v) is 16.5. The van der Waals surface area contributed by atoms with E-state index in [1.807, 2.05) is 24.4 Å². The number of halogens is 1. The lowest BCUT2D eigenvalue weighted by atomic mass is 9.82. The second kappa shape index (κ2) is 5.96. The maximum atomic E-state index is 4.83. The normalized spacial score (nSPS) is 12.8. The van der Waals surface area contributed by atoms with Crippen LogP contribution in [0.3, 0.4) is 0 Å². The topological polar surface area (TPSA) is 45.1 Å². The Hall–Kier alpha value is -1.75. The first-order chi connectivity index (χ1) is 11.1. The average Bonchev–Trinajstić information content (AvgIpc) is 3.04. The van der Waals surface area contributed by atoms with Gasteiger partial charge >= 0.3 is 0 Å². The molecule has 0 aliphatic heterocycles. The molecule has 5 heteroatoms. The van der Waals surface area contributed by atoms with Crippen LogP contribution in [0, 0.1) is 5.41 Å². The van der Waals surface area contributed by atoms with Crippen LogP contribution in [0.4, 0.5) is 5.82 Å². The third-order valence-corrected chi connectivity index (χ3v) is 4.33. The first-order valence-corrected chi connectivity index (χ1v) is 9.04. The van der Waals surface area contributed by atoms with Gasteiger partial charge in [-0.3, -0.25) is 4.40 Å². The molecule has 3 heterocycles. The van der Waals surface area contributed by atoms with Gasteiger partial charge in [0, 0.05) is 22.4 Å². The summed E-state index contributed by atoms with van der Waals surface area (Å²) in [6.07, 6.45) is 5.04. The zero-order valence-electron chi connectivity index (χ0n) is 14.9.